The lowest BCUT2D eigenvalue weighted by Gasteiger charge is -2.43. The average Bonchev–Trinajstić information content (AvgIpc) is 2.96. The second kappa shape index (κ2) is 4.10. The molecule has 1 saturated carbocycles. The van der Waals surface area contributed by atoms with Gasteiger partial charge in [0.05, 0.1) is 6.54 Å². The average molecular weight is 256 g/mol. The van der Waals surface area contributed by atoms with Crippen molar-refractivity contribution in [3.8, 4) is 0 Å². The highest BCUT2D eigenvalue weighted by Crippen LogP contribution is 2.46. The fourth-order valence-corrected chi connectivity index (χ4v) is 2.52. The van der Waals surface area contributed by atoms with Crippen molar-refractivity contribution in [2.24, 2.45) is 5.73 Å². The Morgan fingerprint density at radius 1 is 1.33 bits per heavy atom. The minimum Gasteiger partial charge on any atom is -0.444 e. The van der Waals surface area contributed by atoms with E-state index in [9.17, 15) is 9.90 Å². The molecule has 2 rings (SSSR count). The number of rotatable bonds is 1. The van der Waals surface area contributed by atoms with E-state index in [-0.39, 0.29) is 6.09 Å². The Kier molecular flexibility index (Phi) is 3.10. The Labute approximate surface area is 108 Å². The minimum absolute atomic E-state index is 0.290. The summed E-state index contributed by atoms with van der Waals surface area (Å²) in [6.45, 7) is 6.44. The number of likely N-dealkylation sites (tertiary alicyclic amines) is 1. The molecule has 5 heteroatoms. The summed E-state index contributed by atoms with van der Waals surface area (Å²) in [5.41, 5.74) is 4.17. The Hall–Kier alpha value is -0.810. The molecule has 1 aliphatic heterocycles. The predicted molar refractivity (Wildman–Crippen MR) is 68.1 cm³/mol. The van der Waals surface area contributed by atoms with Gasteiger partial charge in [0.1, 0.15) is 11.2 Å². The Morgan fingerprint density at radius 3 is 2.44 bits per heavy atom. The molecule has 18 heavy (non-hydrogen) atoms. The number of carbonyl (C=O) groups excluding carboxylic acids is 1. The number of hydrogen-bond acceptors (Lipinski definition) is 4. The number of piperidine rings is 1. The van der Waals surface area contributed by atoms with Crippen molar-refractivity contribution in [1.29, 1.82) is 0 Å². The monoisotopic (exact) mass is 256 g/mol. The van der Waals surface area contributed by atoms with E-state index in [1.165, 1.54) is 0 Å². The fourth-order valence-electron chi connectivity index (χ4n) is 2.52. The van der Waals surface area contributed by atoms with Gasteiger partial charge in [0.25, 0.3) is 0 Å². The van der Waals surface area contributed by atoms with Crippen LogP contribution in [-0.2, 0) is 4.74 Å². The van der Waals surface area contributed by atoms with Gasteiger partial charge in [0.2, 0.25) is 0 Å². The van der Waals surface area contributed by atoms with Crippen LogP contribution in [-0.4, -0.2) is 45.9 Å². The van der Waals surface area contributed by atoms with Crippen LogP contribution in [0.3, 0.4) is 0 Å². The number of carbonyl (C=O) groups is 1. The van der Waals surface area contributed by atoms with Gasteiger partial charge in [-0.3, -0.25) is 0 Å². The summed E-state index contributed by atoms with van der Waals surface area (Å²) < 4.78 is 5.34. The first kappa shape index (κ1) is 13.6. The molecule has 5 nitrogen and oxygen atoms in total. The van der Waals surface area contributed by atoms with Crippen LogP contribution < -0.4 is 5.73 Å². The third-order valence-corrected chi connectivity index (χ3v) is 3.84. The first-order valence-electron chi connectivity index (χ1n) is 6.64. The summed E-state index contributed by atoms with van der Waals surface area (Å²) in [5, 5.41) is 10.6. The maximum Gasteiger partial charge on any atom is 0.410 e. The molecular weight excluding hydrogens is 232 g/mol. The number of amides is 1. The summed E-state index contributed by atoms with van der Waals surface area (Å²) >= 11 is 0. The van der Waals surface area contributed by atoms with Gasteiger partial charge < -0.3 is 20.5 Å². The van der Waals surface area contributed by atoms with Gasteiger partial charge in [-0.2, -0.15) is 0 Å². The molecule has 0 aromatic heterocycles. The third kappa shape index (κ3) is 2.62. The van der Waals surface area contributed by atoms with Crippen molar-refractivity contribution in [2.75, 3.05) is 13.1 Å². The minimum atomic E-state index is -0.942. The molecule has 2 aliphatic rings. The van der Waals surface area contributed by atoms with Gasteiger partial charge in [-0.05, 0) is 46.5 Å². The van der Waals surface area contributed by atoms with Gasteiger partial charge in [-0.1, -0.05) is 0 Å². The molecule has 1 unspecified atom stereocenters. The highest BCUT2D eigenvalue weighted by Gasteiger charge is 2.57. The molecule has 0 aromatic carbocycles. The van der Waals surface area contributed by atoms with Crippen molar-refractivity contribution in [3.63, 3.8) is 0 Å². The van der Waals surface area contributed by atoms with E-state index in [1.54, 1.807) is 4.90 Å². The zero-order valence-electron chi connectivity index (χ0n) is 11.5. The normalized spacial score (nSPS) is 31.1. The molecule has 0 bridgehead atoms. The summed E-state index contributed by atoms with van der Waals surface area (Å²) in [4.78, 5) is 13.6. The van der Waals surface area contributed by atoms with Gasteiger partial charge in [-0.25, -0.2) is 4.79 Å². The number of hydrogen-bond donors (Lipinski definition) is 2. The molecular formula is C13H24N2O3. The predicted octanol–water partition coefficient (Wildman–Crippen LogP) is 1.24. The van der Waals surface area contributed by atoms with Crippen LogP contribution in [0.15, 0.2) is 0 Å². The van der Waals surface area contributed by atoms with Crippen molar-refractivity contribution >= 4 is 6.09 Å². The molecule has 104 valence electrons. The lowest BCUT2D eigenvalue weighted by molar-refractivity contribution is -0.0631. The lowest BCUT2D eigenvalue weighted by atomic mass is 9.84. The number of nitrogens with zero attached hydrogens (tertiary/aromatic N) is 1. The largest absolute Gasteiger partial charge is 0.444 e. The number of ether oxygens (including phenoxy) is 1. The van der Waals surface area contributed by atoms with E-state index in [1.807, 2.05) is 20.8 Å². The summed E-state index contributed by atoms with van der Waals surface area (Å²) in [6.07, 6.45) is 2.76. The molecule has 1 heterocycles. The van der Waals surface area contributed by atoms with Crippen molar-refractivity contribution in [3.05, 3.63) is 0 Å². The molecule has 2 fully saturated rings. The van der Waals surface area contributed by atoms with Gasteiger partial charge in [0, 0.05) is 12.1 Å². The smallest absolute Gasteiger partial charge is 0.410 e. The second-order valence-electron chi connectivity index (χ2n) is 6.69. The van der Waals surface area contributed by atoms with Crippen LogP contribution >= 0.6 is 0 Å². The Balaban J connectivity index is 2.01. The van der Waals surface area contributed by atoms with Crippen LogP contribution in [0.1, 0.15) is 46.5 Å². The molecule has 0 spiro atoms. The molecule has 0 aromatic rings. The number of aliphatic hydroxyl groups is 1. The standard InChI is InChI=1S/C13H24N2O3/c1-11(2,3)18-10(16)15-8-4-5-13(17,9-15)12(14)6-7-12/h17H,4-9,14H2,1-3H3. The van der Waals surface area contributed by atoms with Crippen LogP contribution in [0.25, 0.3) is 0 Å². The molecule has 3 N–H and O–H groups in total. The Morgan fingerprint density at radius 2 is 1.94 bits per heavy atom. The van der Waals surface area contributed by atoms with Crippen molar-refractivity contribution in [1.82, 2.24) is 4.90 Å². The lowest BCUT2D eigenvalue weighted by Crippen LogP contribution is -2.61. The molecule has 0 radical (unpaired) electrons. The van der Waals surface area contributed by atoms with Crippen LogP contribution in [0, 0.1) is 0 Å². The topological polar surface area (TPSA) is 75.8 Å². The highest BCUT2D eigenvalue weighted by molar-refractivity contribution is 5.68. The fraction of sp³-hybridized carbons (Fsp3) is 0.923. The maximum atomic E-state index is 12.0. The summed E-state index contributed by atoms with van der Waals surface area (Å²) in [5.74, 6) is 0. The Bertz CT molecular complexity index is 347. The molecule has 1 saturated heterocycles. The maximum absolute atomic E-state index is 12.0. The SMILES string of the molecule is CC(C)(C)OC(=O)N1CCCC(O)(C2(N)CC2)C1. The van der Waals surface area contributed by atoms with E-state index in [0.29, 0.717) is 19.5 Å². The summed E-state index contributed by atoms with van der Waals surface area (Å²) in [6, 6.07) is 0. The summed E-state index contributed by atoms with van der Waals surface area (Å²) in [7, 11) is 0. The van der Waals surface area contributed by atoms with Crippen LogP contribution in [0.2, 0.25) is 0 Å². The van der Waals surface area contributed by atoms with Gasteiger partial charge in [0.15, 0.2) is 0 Å². The molecule has 1 aliphatic carbocycles. The quantitative estimate of drug-likeness (QED) is 0.740. The number of β-amino-alcohol motifs (C(OH)–C–C–N with tert-alkyl or cyclic N) is 1. The zero-order chi connectivity index (χ0) is 13.6. The van der Waals surface area contributed by atoms with E-state index in [2.05, 4.69) is 0 Å². The zero-order valence-corrected chi connectivity index (χ0v) is 11.5. The first-order valence-corrected chi connectivity index (χ1v) is 6.64. The van der Waals surface area contributed by atoms with E-state index < -0.39 is 16.7 Å². The van der Waals surface area contributed by atoms with Crippen molar-refractivity contribution in [2.45, 2.75) is 63.2 Å². The van der Waals surface area contributed by atoms with Crippen molar-refractivity contribution < 1.29 is 14.6 Å². The van der Waals surface area contributed by atoms with Gasteiger partial charge >= 0.3 is 6.09 Å². The van der Waals surface area contributed by atoms with E-state index >= 15 is 0 Å². The van der Waals surface area contributed by atoms with Crippen LogP contribution in [0.4, 0.5) is 4.79 Å². The molecule has 1 atom stereocenters. The van der Waals surface area contributed by atoms with E-state index in [4.69, 9.17) is 10.5 Å². The number of nitrogens with two attached hydrogens (primary N) is 1. The third-order valence-electron chi connectivity index (χ3n) is 3.84. The highest BCUT2D eigenvalue weighted by atomic mass is 16.6. The van der Waals surface area contributed by atoms with Crippen LogP contribution in [0.5, 0.6) is 0 Å². The first-order chi connectivity index (χ1) is 8.15. The molecule has 1 amide bonds. The van der Waals surface area contributed by atoms with E-state index in [0.717, 1.165) is 19.3 Å². The second-order valence-corrected chi connectivity index (χ2v) is 6.69. The van der Waals surface area contributed by atoms with Gasteiger partial charge in [-0.15, -0.1) is 0 Å².